The monoisotopic (exact) mass is 306 g/mol. The number of hydrogen-bond acceptors (Lipinski definition) is 5. The summed E-state index contributed by atoms with van der Waals surface area (Å²) in [4.78, 5) is 20.4. The number of nitrogens with zero attached hydrogens (tertiary/aromatic N) is 3. The lowest BCUT2D eigenvalue weighted by atomic mass is 10.0. The van der Waals surface area contributed by atoms with E-state index in [4.69, 9.17) is 4.74 Å². The molecule has 1 aliphatic rings. The number of aromatic nitrogens is 1. The fraction of sp³-hybridized carbons (Fsp3) is 0.625. The van der Waals surface area contributed by atoms with E-state index in [1.807, 2.05) is 24.5 Å². The number of ether oxygens (including phenoxy) is 1. The molecule has 1 N–H and O–H groups in total. The van der Waals surface area contributed by atoms with Crippen molar-refractivity contribution in [3.8, 4) is 0 Å². The van der Waals surface area contributed by atoms with Crippen LogP contribution in [0.4, 0.5) is 0 Å². The van der Waals surface area contributed by atoms with Crippen LogP contribution in [0, 0.1) is 5.92 Å². The molecule has 6 nitrogen and oxygen atoms in total. The summed E-state index contributed by atoms with van der Waals surface area (Å²) < 4.78 is 4.91. The summed E-state index contributed by atoms with van der Waals surface area (Å²) in [6.07, 6.45) is 3.64. The maximum absolute atomic E-state index is 11.8. The van der Waals surface area contributed by atoms with Crippen LogP contribution in [0.1, 0.15) is 5.56 Å². The Hall–Kier alpha value is -1.50. The Morgan fingerprint density at radius 2 is 2.14 bits per heavy atom. The third-order valence-electron chi connectivity index (χ3n) is 3.89. The molecule has 1 aliphatic heterocycles. The first-order valence-corrected chi connectivity index (χ1v) is 7.62. The first-order chi connectivity index (χ1) is 10.6. The number of likely N-dealkylation sites (tertiary alicyclic amines) is 1. The lowest BCUT2D eigenvalue weighted by Gasteiger charge is -2.22. The molecule has 1 aromatic rings. The van der Waals surface area contributed by atoms with Gasteiger partial charge in [0.1, 0.15) is 6.61 Å². The van der Waals surface area contributed by atoms with Crippen molar-refractivity contribution in [2.24, 2.45) is 5.92 Å². The van der Waals surface area contributed by atoms with Crippen LogP contribution >= 0.6 is 0 Å². The molecule has 122 valence electrons. The predicted molar refractivity (Wildman–Crippen MR) is 85.4 cm³/mol. The second-order valence-corrected chi connectivity index (χ2v) is 6.18. The number of pyridine rings is 1. The van der Waals surface area contributed by atoms with Crippen LogP contribution in [0.25, 0.3) is 0 Å². The third kappa shape index (κ3) is 5.05. The first kappa shape index (κ1) is 16.9. The van der Waals surface area contributed by atoms with Crippen molar-refractivity contribution in [3.05, 3.63) is 30.1 Å². The van der Waals surface area contributed by atoms with Gasteiger partial charge in [0.25, 0.3) is 0 Å². The summed E-state index contributed by atoms with van der Waals surface area (Å²) in [6.45, 7) is 3.83. The topological polar surface area (TPSA) is 57.7 Å². The van der Waals surface area contributed by atoms with Crippen molar-refractivity contribution < 1.29 is 9.53 Å². The van der Waals surface area contributed by atoms with Gasteiger partial charge in [-0.15, -0.1) is 0 Å². The van der Waals surface area contributed by atoms with Crippen LogP contribution in [0.5, 0.6) is 0 Å². The SMILES string of the molecule is COCC(=O)N[C@@H]1CN(Cc2ccncc2)C[C@H]1CN(C)C. The van der Waals surface area contributed by atoms with E-state index >= 15 is 0 Å². The van der Waals surface area contributed by atoms with E-state index in [9.17, 15) is 4.79 Å². The summed E-state index contributed by atoms with van der Waals surface area (Å²) in [5.74, 6) is 0.389. The Bertz CT molecular complexity index is 466. The van der Waals surface area contributed by atoms with Crippen LogP contribution in [-0.2, 0) is 16.1 Å². The van der Waals surface area contributed by atoms with Gasteiger partial charge in [0, 0.05) is 57.6 Å². The highest BCUT2D eigenvalue weighted by atomic mass is 16.5. The molecule has 2 atom stereocenters. The summed E-state index contributed by atoms with van der Waals surface area (Å²) >= 11 is 0. The second kappa shape index (κ2) is 8.22. The Morgan fingerprint density at radius 3 is 2.77 bits per heavy atom. The van der Waals surface area contributed by atoms with Crippen molar-refractivity contribution in [1.29, 1.82) is 0 Å². The summed E-state index contributed by atoms with van der Waals surface area (Å²) in [6, 6.07) is 4.25. The molecule has 0 spiro atoms. The van der Waals surface area contributed by atoms with Crippen LogP contribution in [-0.4, -0.2) is 74.2 Å². The number of carbonyl (C=O) groups excluding carboxylic acids is 1. The van der Waals surface area contributed by atoms with Crippen molar-refractivity contribution in [1.82, 2.24) is 20.1 Å². The van der Waals surface area contributed by atoms with Crippen molar-refractivity contribution in [2.45, 2.75) is 12.6 Å². The number of amides is 1. The summed E-state index contributed by atoms with van der Waals surface area (Å²) in [7, 11) is 5.68. The van der Waals surface area contributed by atoms with Crippen LogP contribution in [0.3, 0.4) is 0 Å². The Morgan fingerprint density at radius 1 is 1.41 bits per heavy atom. The Balaban J connectivity index is 1.96. The molecule has 6 heteroatoms. The molecule has 2 rings (SSSR count). The molecular formula is C16H26N4O2. The molecule has 1 saturated heterocycles. The molecule has 0 saturated carbocycles. The zero-order valence-electron chi connectivity index (χ0n) is 13.7. The van der Waals surface area contributed by atoms with Gasteiger partial charge in [-0.2, -0.15) is 0 Å². The third-order valence-corrected chi connectivity index (χ3v) is 3.89. The zero-order chi connectivity index (χ0) is 15.9. The van der Waals surface area contributed by atoms with Crippen LogP contribution in [0.2, 0.25) is 0 Å². The zero-order valence-corrected chi connectivity index (χ0v) is 13.7. The predicted octanol–water partition coefficient (Wildman–Crippen LogP) is 0.206. The van der Waals surface area contributed by atoms with Gasteiger partial charge in [0.2, 0.25) is 5.91 Å². The van der Waals surface area contributed by atoms with Crippen LogP contribution < -0.4 is 5.32 Å². The fourth-order valence-electron chi connectivity index (χ4n) is 3.03. The molecule has 0 bridgehead atoms. The summed E-state index contributed by atoms with van der Waals surface area (Å²) in [5, 5.41) is 3.11. The highest BCUT2D eigenvalue weighted by Crippen LogP contribution is 2.20. The first-order valence-electron chi connectivity index (χ1n) is 7.62. The number of methoxy groups -OCH3 is 1. The van der Waals surface area contributed by atoms with Crippen LogP contribution in [0.15, 0.2) is 24.5 Å². The smallest absolute Gasteiger partial charge is 0.246 e. The van der Waals surface area contributed by atoms with Gasteiger partial charge in [0.05, 0.1) is 0 Å². The normalized spacial score (nSPS) is 22.2. The molecule has 1 fully saturated rings. The average Bonchev–Trinajstić information content (AvgIpc) is 2.81. The van der Waals surface area contributed by atoms with Gasteiger partial charge in [-0.25, -0.2) is 0 Å². The van der Waals surface area contributed by atoms with Gasteiger partial charge in [0.15, 0.2) is 0 Å². The van der Waals surface area contributed by atoms with Crippen molar-refractivity contribution in [3.63, 3.8) is 0 Å². The number of rotatable bonds is 7. The highest BCUT2D eigenvalue weighted by Gasteiger charge is 2.33. The number of hydrogen-bond donors (Lipinski definition) is 1. The Kier molecular flexibility index (Phi) is 6.30. The molecule has 1 aromatic heterocycles. The van der Waals surface area contributed by atoms with E-state index < -0.39 is 0 Å². The standard InChI is InChI=1S/C16H26N4O2/c1-19(2)9-14-10-20(8-13-4-6-17-7-5-13)11-15(14)18-16(21)12-22-3/h4-7,14-15H,8-12H2,1-3H3,(H,18,21)/t14-,15-/m1/s1. The van der Waals surface area contributed by atoms with E-state index in [0.29, 0.717) is 5.92 Å². The maximum Gasteiger partial charge on any atom is 0.246 e. The molecule has 1 amide bonds. The fourth-order valence-corrected chi connectivity index (χ4v) is 3.03. The molecule has 22 heavy (non-hydrogen) atoms. The maximum atomic E-state index is 11.8. The van der Waals surface area contributed by atoms with E-state index in [1.165, 1.54) is 5.56 Å². The minimum Gasteiger partial charge on any atom is -0.375 e. The molecule has 0 unspecified atom stereocenters. The largest absolute Gasteiger partial charge is 0.375 e. The minimum absolute atomic E-state index is 0.0398. The lowest BCUT2D eigenvalue weighted by molar-refractivity contribution is -0.125. The molecule has 2 heterocycles. The number of nitrogens with one attached hydrogen (secondary N) is 1. The van der Waals surface area contributed by atoms with Gasteiger partial charge < -0.3 is 15.0 Å². The molecule has 0 aliphatic carbocycles. The van der Waals surface area contributed by atoms with Gasteiger partial charge in [-0.3, -0.25) is 14.7 Å². The number of carbonyl (C=O) groups is 1. The molecular weight excluding hydrogens is 280 g/mol. The van der Waals surface area contributed by atoms with Gasteiger partial charge >= 0.3 is 0 Å². The lowest BCUT2D eigenvalue weighted by Crippen LogP contribution is -2.44. The van der Waals surface area contributed by atoms with E-state index in [1.54, 1.807) is 7.11 Å². The highest BCUT2D eigenvalue weighted by molar-refractivity contribution is 5.77. The van der Waals surface area contributed by atoms with Crippen molar-refractivity contribution in [2.75, 3.05) is 47.4 Å². The second-order valence-electron chi connectivity index (χ2n) is 6.18. The van der Waals surface area contributed by atoms with E-state index in [2.05, 4.69) is 34.2 Å². The van der Waals surface area contributed by atoms with Gasteiger partial charge in [-0.05, 0) is 31.8 Å². The minimum atomic E-state index is -0.0398. The Labute approximate surface area is 132 Å². The van der Waals surface area contributed by atoms with Crippen molar-refractivity contribution >= 4 is 5.91 Å². The van der Waals surface area contributed by atoms with E-state index in [-0.39, 0.29) is 18.6 Å². The van der Waals surface area contributed by atoms with E-state index in [0.717, 1.165) is 26.2 Å². The average molecular weight is 306 g/mol. The van der Waals surface area contributed by atoms with Gasteiger partial charge in [-0.1, -0.05) is 0 Å². The quantitative estimate of drug-likeness (QED) is 0.780. The molecule has 0 radical (unpaired) electrons. The molecule has 0 aromatic carbocycles. The summed E-state index contributed by atoms with van der Waals surface area (Å²) in [5.41, 5.74) is 1.25.